The molecule has 0 aromatic carbocycles. The van der Waals surface area contributed by atoms with Gasteiger partial charge in [-0.25, -0.2) is 4.98 Å². The van der Waals surface area contributed by atoms with E-state index in [0.717, 1.165) is 19.7 Å². The molecule has 1 aromatic rings. The van der Waals surface area contributed by atoms with Crippen LogP contribution >= 0.6 is 0 Å². The lowest BCUT2D eigenvalue weighted by atomic mass is 10.0. The van der Waals surface area contributed by atoms with Crippen molar-refractivity contribution < 1.29 is 4.74 Å². The van der Waals surface area contributed by atoms with E-state index in [0.29, 0.717) is 6.04 Å². The summed E-state index contributed by atoms with van der Waals surface area (Å²) in [5.41, 5.74) is 1.30. The number of ether oxygens (including phenoxy) is 1. The smallest absolute Gasteiger partial charge is 0.0949 e. The van der Waals surface area contributed by atoms with Gasteiger partial charge in [-0.15, -0.1) is 0 Å². The van der Waals surface area contributed by atoms with E-state index < -0.39 is 0 Å². The van der Waals surface area contributed by atoms with Crippen LogP contribution in [0.5, 0.6) is 0 Å². The molecule has 4 heteroatoms. The predicted octanol–water partition coefficient (Wildman–Crippen LogP) is 1.34. The molecule has 1 fully saturated rings. The summed E-state index contributed by atoms with van der Waals surface area (Å²) in [6, 6.07) is 0.484. The van der Waals surface area contributed by atoms with E-state index in [2.05, 4.69) is 14.9 Å². The van der Waals surface area contributed by atoms with Gasteiger partial charge in [-0.3, -0.25) is 0 Å². The largest absolute Gasteiger partial charge is 0.383 e. The summed E-state index contributed by atoms with van der Waals surface area (Å²) in [5, 5.41) is 3.54. The molecule has 0 amide bonds. The Morgan fingerprint density at radius 1 is 1.60 bits per heavy atom. The standard InChI is InChI=1S/C11H19N3O/c1-15-7-6-14-9-12-8-11(14)10-4-2-3-5-13-10/h8-10,13H,2-7H2,1H3. The minimum Gasteiger partial charge on any atom is -0.383 e. The molecule has 15 heavy (non-hydrogen) atoms. The van der Waals surface area contributed by atoms with Crippen molar-refractivity contribution in [2.24, 2.45) is 0 Å². The molecule has 1 N–H and O–H groups in total. The number of aromatic nitrogens is 2. The molecule has 0 bridgehead atoms. The minimum atomic E-state index is 0.484. The summed E-state index contributed by atoms with van der Waals surface area (Å²) in [6.45, 7) is 2.76. The van der Waals surface area contributed by atoms with Gasteiger partial charge < -0.3 is 14.6 Å². The van der Waals surface area contributed by atoms with Crippen molar-refractivity contribution in [3.05, 3.63) is 18.2 Å². The highest BCUT2D eigenvalue weighted by molar-refractivity contribution is 5.06. The number of piperidine rings is 1. The Morgan fingerprint density at radius 2 is 2.53 bits per heavy atom. The fraction of sp³-hybridized carbons (Fsp3) is 0.727. The fourth-order valence-electron chi connectivity index (χ4n) is 2.10. The molecular formula is C11H19N3O. The summed E-state index contributed by atoms with van der Waals surface area (Å²) in [5.74, 6) is 0. The van der Waals surface area contributed by atoms with Crippen molar-refractivity contribution in [3.63, 3.8) is 0 Å². The van der Waals surface area contributed by atoms with Gasteiger partial charge in [0.2, 0.25) is 0 Å². The topological polar surface area (TPSA) is 39.1 Å². The van der Waals surface area contributed by atoms with Crippen LogP contribution in [0, 0.1) is 0 Å². The van der Waals surface area contributed by atoms with Gasteiger partial charge in [-0.05, 0) is 19.4 Å². The average molecular weight is 209 g/mol. The van der Waals surface area contributed by atoms with Crippen molar-refractivity contribution in [2.45, 2.75) is 31.8 Å². The van der Waals surface area contributed by atoms with Crippen molar-refractivity contribution in [3.8, 4) is 0 Å². The molecule has 1 atom stereocenters. The number of hydrogen-bond donors (Lipinski definition) is 1. The lowest BCUT2D eigenvalue weighted by Gasteiger charge is -2.24. The normalized spacial score (nSPS) is 21.8. The molecule has 0 radical (unpaired) electrons. The highest BCUT2D eigenvalue weighted by Gasteiger charge is 2.17. The lowest BCUT2D eigenvalue weighted by Crippen LogP contribution is -2.28. The van der Waals surface area contributed by atoms with Crippen LogP contribution in [0.15, 0.2) is 12.5 Å². The first-order chi connectivity index (χ1) is 7.42. The van der Waals surface area contributed by atoms with Gasteiger partial charge in [-0.1, -0.05) is 6.42 Å². The fourth-order valence-corrected chi connectivity index (χ4v) is 2.10. The summed E-state index contributed by atoms with van der Waals surface area (Å²) in [6.07, 6.45) is 7.69. The molecule has 1 unspecified atom stereocenters. The number of nitrogens with zero attached hydrogens (tertiary/aromatic N) is 2. The van der Waals surface area contributed by atoms with Crippen LogP contribution in [-0.2, 0) is 11.3 Å². The highest BCUT2D eigenvalue weighted by atomic mass is 16.5. The number of hydrogen-bond acceptors (Lipinski definition) is 3. The summed E-state index contributed by atoms with van der Waals surface area (Å²) in [4.78, 5) is 4.22. The van der Waals surface area contributed by atoms with Gasteiger partial charge in [0.05, 0.1) is 18.6 Å². The SMILES string of the molecule is COCCn1cncc1C1CCCCN1. The van der Waals surface area contributed by atoms with Gasteiger partial charge in [0.25, 0.3) is 0 Å². The van der Waals surface area contributed by atoms with Crippen molar-refractivity contribution in [1.82, 2.24) is 14.9 Å². The van der Waals surface area contributed by atoms with Crippen molar-refractivity contribution in [1.29, 1.82) is 0 Å². The molecule has 2 heterocycles. The third-order valence-electron chi connectivity index (χ3n) is 2.95. The quantitative estimate of drug-likeness (QED) is 0.813. The zero-order valence-electron chi connectivity index (χ0n) is 9.28. The number of rotatable bonds is 4. The van der Waals surface area contributed by atoms with E-state index in [4.69, 9.17) is 4.74 Å². The Bertz CT molecular complexity index is 292. The minimum absolute atomic E-state index is 0.484. The molecule has 84 valence electrons. The van der Waals surface area contributed by atoms with E-state index in [9.17, 15) is 0 Å². The molecular weight excluding hydrogens is 190 g/mol. The van der Waals surface area contributed by atoms with E-state index in [1.165, 1.54) is 25.0 Å². The van der Waals surface area contributed by atoms with Gasteiger partial charge in [0, 0.05) is 25.9 Å². The maximum atomic E-state index is 5.09. The van der Waals surface area contributed by atoms with Crippen LogP contribution in [0.1, 0.15) is 31.0 Å². The van der Waals surface area contributed by atoms with E-state index in [1.807, 2.05) is 12.5 Å². The van der Waals surface area contributed by atoms with Crippen LogP contribution in [-0.4, -0.2) is 29.8 Å². The molecule has 1 saturated heterocycles. The van der Waals surface area contributed by atoms with Gasteiger partial charge >= 0.3 is 0 Å². The maximum Gasteiger partial charge on any atom is 0.0949 e. The molecule has 1 aliphatic rings. The van der Waals surface area contributed by atoms with E-state index in [1.54, 1.807) is 7.11 Å². The molecule has 1 aromatic heterocycles. The lowest BCUT2D eigenvalue weighted by molar-refractivity contribution is 0.185. The van der Waals surface area contributed by atoms with Crippen LogP contribution in [0.25, 0.3) is 0 Å². The second-order valence-electron chi connectivity index (χ2n) is 4.01. The first-order valence-electron chi connectivity index (χ1n) is 5.64. The second-order valence-corrected chi connectivity index (χ2v) is 4.01. The third-order valence-corrected chi connectivity index (χ3v) is 2.95. The van der Waals surface area contributed by atoms with Gasteiger partial charge in [-0.2, -0.15) is 0 Å². The Hall–Kier alpha value is -0.870. The van der Waals surface area contributed by atoms with E-state index in [-0.39, 0.29) is 0 Å². The van der Waals surface area contributed by atoms with Gasteiger partial charge in [0.15, 0.2) is 0 Å². The molecule has 2 rings (SSSR count). The average Bonchev–Trinajstić information content (AvgIpc) is 2.75. The molecule has 0 saturated carbocycles. The van der Waals surface area contributed by atoms with Crippen LogP contribution in [0.2, 0.25) is 0 Å². The van der Waals surface area contributed by atoms with E-state index >= 15 is 0 Å². The third kappa shape index (κ3) is 2.58. The number of methoxy groups -OCH3 is 1. The molecule has 0 aliphatic carbocycles. The van der Waals surface area contributed by atoms with Crippen molar-refractivity contribution in [2.75, 3.05) is 20.3 Å². The Labute approximate surface area is 90.6 Å². The first-order valence-corrected chi connectivity index (χ1v) is 5.64. The van der Waals surface area contributed by atoms with Crippen LogP contribution < -0.4 is 5.32 Å². The number of imidazole rings is 1. The summed E-state index contributed by atoms with van der Waals surface area (Å²) >= 11 is 0. The van der Waals surface area contributed by atoms with Crippen molar-refractivity contribution >= 4 is 0 Å². The zero-order chi connectivity index (χ0) is 10.5. The molecule has 1 aliphatic heterocycles. The monoisotopic (exact) mass is 209 g/mol. The molecule has 4 nitrogen and oxygen atoms in total. The highest BCUT2D eigenvalue weighted by Crippen LogP contribution is 2.22. The number of nitrogens with one attached hydrogen (secondary N) is 1. The predicted molar refractivity (Wildman–Crippen MR) is 58.7 cm³/mol. The first kappa shape index (κ1) is 10.6. The maximum absolute atomic E-state index is 5.09. The zero-order valence-corrected chi connectivity index (χ0v) is 9.28. The summed E-state index contributed by atoms with van der Waals surface area (Å²) < 4.78 is 7.28. The Balaban J connectivity index is 2.02. The van der Waals surface area contributed by atoms with Crippen LogP contribution in [0.4, 0.5) is 0 Å². The van der Waals surface area contributed by atoms with Crippen LogP contribution in [0.3, 0.4) is 0 Å². The second kappa shape index (κ2) is 5.28. The summed E-state index contributed by atoms with van der Waals surface area (Å²) in [7, 11) is 1.73. The Kier molecular flexibility index (Phi) is 3.75. The van der Waals surface area contributed by atoms with Gasteiger partial charge in [0.1, 0.15) is 0 Å². The molecule has 0 spiro atoms. The Morgan fingerprint density at radius 3 is 3.27 bits per heavy atom.